The average molecular weight is 459 g/mol. The van der Waals surface area contributed by atoms with Crippen LogP contribution in [-0.2, 0) is 0 Å². The molecule has 0 aromatic carbocycles. The van der Waals surface area contributed by atoms with Gasteiger partial charge in [-0.15, -0.1) is 0 Å². The van der Waals surface area contributed by atoms with Crippen LogP contribution in [0, 0.1) is 13.2 Å². The van der Waals surface area contributed by atoms with Gasteiger partial charge in [0.25, 0.3) is 0 Å². The van der Waals surface area contributed by atoms with Crippen LogP contribution in [-0.4, -0.2) is 21.3 Å². The van der Waals surface area contributed by atoms with Crippen LogP contribution in [0.5, 0.6) is 0 Å². The SMILES string of the molecule is Nc1nc(=O)n(C2C=CC(CO)C2)c(I)c1I. The van der Waals surface area contributed by atoms with E-state index in [4.69, 9.17) is 10.8 Å². The lowest BCUT2D eigenvalue weighted by Gasteiger charge is -2.16. The Kier molecular flexibility index (Phi) is 4.08. The summed E-state index contributed by atoms with van der Waals surface area (Å²) in [4.78, 5) is 15.7. The van der Waals surface area contributed by atoms with Crippen molar-refractivity contribution >= 4 is 51.0 Å². The van der Waals surface area contributed by atoms with Crippen LogP contribution in [0.2, 0.25) is 0 Å². The molecule has 0 saturated heterocycles. The van der Waals surface area contributed by atoms with Crippen molar-refractivity contribution in [2.45, 2.75) is 12.5 Å². The molecule has 0 spiro atoms. The fraction of sp³-hybridized carbons (Fsp3) is 0.400. The molecule has 17 heavy (non-hydrogen) atoms. The highest BCUT2D eigenvalue weighted by molar-refractivity contribution is 14.1. The molecule has 3 N–H and O–H groups in total. The minimum atomic E-state index is -0.333. The van der Waals surface area contributed by atoms with Gasteiger partial charge < -0.3 is 10.8 Å². The molecule has 0 saturated carbocycles. The van der Waals surface area contributed by atoms with E-state index in [0.717, 1.165) is 13.7 Å². The maximum atomic E-state index is 11.9. The molecular formula is C10H11I2N3O2. The first-order valence-electron chi connectivity index (χ1n) is 5.06. The number of nitrogens with two attached hydrogens (primary N) is 1. The molecule has 1 aromatic heterocycles. The Morgan fingerprint density at radius 3 is 2.82 bits per heavy atom. The summed E-state index contributed by atoms with van der Waals surface area (Å²) in [5.74, 6) is 0.398. The van der Waals surface area contributed by atoms with Crippen LogP contribution in [0.1, 0.15) is 12.5 Å². The fourth-order valence-electron chi connectivity index (χ4n) is 1.87. The summed E-state index contributed by atoms with van der Waals surface area (Å²) in [5, 5.41) is 9.09. The highest BCUT2D eigenvalue weighted by atomic mass is 127. The molecule has 5 nitrogen and oxygen atoms in total. The first kappa shape index (κ1) is 13.3. The molecule has 2 unspecified atom stereocenters. The zero-order chi connectivity index (χ0) is 12.6. The third-order valence-corrected chi connectivity index (χ3v) is 5.91. The molecule has 92 valence electrons. The van der Waals surface area contributed by atoms with E-state index in [9.17, 15) is 4.79 Å². The molecule has 0 radical (unpaired) electrons. The van der Waals surface area contributed by atoms with Gasteiger partial charge in [0.1, 0.15) is 9.52 Å². The van der Waals surface area contributed by atoms with Crippen molar-refractivity contribution in [2.75, 3.05) is 12.3 Å². The van der Waals surface area contributed by atoms with Crippen molar-refractivity contribution in [3.63, 3.8) is 0 Å². The third kappa shape index (κ3) is 2.50. The molecule has 1 aliphatic rings. The van der Waals surface area contributed by atoms with E-state index in [-0.39, 0.29) is 30.1 Å². The highest BCUT2D eigenvalue weighted by Gasteiger charge is 2.24. The highest BCUT2D eigenvalue weighted by Crippen LogP contribution is 2.29. The first-order chi connectivity index (χ1) is 8.04. The average Bonchev–Trinajstić information content (AvgIpc) is 2.74. The normalized spacial score (nSPS) is 23.2. The summed E-state index contributed by atoms with van der Waals surface area (Å²) < 4.78 is 3.22. The number of allylic oxidation sites excluding steroid dienone is 1. The summed E-state index contributed by atoms with van der Waals surface area (Å²) in [6.45, 7) is 0.109. The van der Waals surface area contributed by atoms with Crippen molar-refractivity contribution in [1.82, 2.24) is 9.55 Å². The topological polar surface area (TPSA) is 81.1 Å². The van der Waals surface area contributed by atoms with Gasteiger partial charge in [0, 0.05) is 12.5 Å². The number of hydrogen-bond acceptors (Lipinski definition) is 4. The van der Waals surface area contributed by atoms with Crippen LogP contribution < -0.4 is 11.4 Å². The number of rotatable bonds is 2. The standard InChI is InChI=1S/C10H11I2N3O2/c11-7-8(12)15(10(17)14-9(7)13)6-2-1-5(3-6)4-16/h1-2,5-6,16H,3-4H2,(H2,13,14,17). The lowest BCUT2D eigenvalue weighted by Crippen LogP contribution is -2.30. The zero-order valence-electron chi connectivity index (χ0n) is 8.81. The first-order valence-corrected chi connectivity index (χ1v) is 7.22. The summed E-state index contributed by atoms with van der Waals surface area (Å²) in [5.41, 5.74) is 5.31. The number of anilines is 1. The molecule has 2 atom stereocenters. The number of aliphatic hydroxyl groups excluding tert-OH is 1. The fourth-order valence-corrected chi connectivity index (χ4v) is 3.09. The predicted octanol–water partition coefficient (Wildman–Crippen LogP) is 1.14. The minimum absolute atomic E-state index is 0.0341. The Hall–Kier alpha value is -0.160. The summed E-state index contributed by atoms with van der Waals surface area (Å²) >= 11 is 4.19. The van der Waals surface area contributed by atoms with Crippen molar-refractivity contribution in [1.29, 1.82) is 0 Å². The Morgan fingerprint density at radius 2 is 2.24 bits per heavy atom. The van der Waals surface area contributed by atoms with Crippen LogP contribution >= 0.6 is 45.2 Å². The molecule has 1 aromatic rings. The van der Waals surface area contributed by atoms with Gasteiger partial charge in [-0.05, 0) is 51.6 Å². The van der Waals surface area contributed by atoms with Gasteiger partial charge in [-0.3, -0.25) is 4.57 Å². The zero-order valence-corrected chi connectivity index (χ0v) is 13.1. The predicted molar refractivity (Wildman–Crippen MR) is 81.7 cm³/mol. The Labute approximate surface area is 125 Å². The van der Waals surface area contributed by atoms with E-state index in [1.807, 2.05) is 12.2 Å². The van der Waals surface area contributed by atoms with Crippen LogP contribution in [0.3, 0.4) is 0 Å². The van der Waals surface area contributed by atoms with Gasteiger partial charge >= 0.3 is 5.69 Å². The number of aromatic nitrogens is 2. The minimum Gasteiger partial charge on any atom is -0.396 e. The Morgan fingerprint density at radius 1 is 1.53 bits per heavy atom. The van der Waals surface area contributed by atoms with Crippen molar-refractivity contribution in [2.24, 2.45) is 5.92 Å². The largest absolute Gasteiger partial charge is 0.396 e. The number of halogens is 2. The van der Waals surface area contributed by atoms with E-state index in [1.54, 1.807) is 4.57 Å². The van der Waals surface area contributed by atoms with Gasteiger partial charge in [0.05, 0.1) is 9.61 Å². The van der Waals surface area contributed by atoms with Crippen LogP contribution in [0.4, 0.5) is 5.82 Å². The van der Waals surface area contributed by atoms with E-state index < -0.39 is 0 Å². The number of aliphatic hydroxyl groups is 1. The lowest BCUT2D eigenvalue weighted by molar-refractivity contribution is 0.243. The van der Waals surface area contributed by atoms with E-state index in [2.05, 4.69) is 50.2 Å². The van der Waals surface area contributed by atoms with Gasteiger partial charge in [-0.25, -0.2) is 4.79 Å². The van der Waals surface area contributed by atoms with Crippen LogP contribution in [0.25, 0.3) is 0 Å². The molecule has 0 bridgehead atoms. The van der Waals surface area contributed by atoms with Crippen LogP contribution in [0.15, 0.2) is 16.9 Å². The van der Waals surface area contributed by atoms with Gasteiger partial charge in [0.15, 0.2) is 0 Å². The molecule has 2 rings (SSSR count). The number of nitrogen functional groups attached to an aromatic ring is 1. The van der Waals surface area contributed by atoms with Gasteiger partial charge in [0.2, 0.25) is 0 Å². The molecule has 7 heteroatoms. The Bertz CT molecular complexity index is 527. The van der Waals surface area contributed by atoms with Crippen molar-refractivity contribution in [3.05, 3.63) is 29.9 Å². The monoisotopic (exact) mass is 459 g/mol. The molecule has 0 fully saturated rings. The van der Waals surface area contributed by atoms with Crippen molar-refractivity contribution in [3.8, 4) is 0 Å². The Balaban J connectivity index is 2.44. The quantitative estimate of drug-likeness (QED) is 0.395. The summed E-state index contributed by atoms with van der Waals surface area (Å²) in [6.07, 6.45) is 4.61. The summed E-state index contributed by atoms with van der Waals surface area (Å²) in [7, 11) is 0. The lowest BCUT2D eigenvalue weighted by atomic mass is 10.1. The molecular weight excluding hydrogens is 448 g/mol. The number of hydrogen-bond donors (Lipinski definition) is 2. The maximum absolute atomic E-state index is 11.9. The second-order valence-corrected chi connectivity index (χ2v) is 5.99. The van der Waals surface area contributed by atoms with E-state index >= 15 is 0 Å². The molecule has 0 aliphatic heterocycles. The molecule has 0 amide bonds. The van der Waals surface area contributed by atoms with E-state index in [0.29, 0.717) is 0 Å². The smallest absolute Gasteiger partial charge is 0.350 e. The second-order valence-electron chi connectivity index (χ2n) is 3.89. The third-order valence-electron chi connectivity index (χ3n) is 2.76. The van der Waals surface area contributed by atoms with Crippen molar-refractivity contribution < 1.29 is 5.11 Å². The van der Waals surface area contributed by atoms with Gasteiger partial charge in [-0.2, -0.15) is 4.98 Å². The van der Waals surface area contributed by atoms with E-state index in [1.165, 1.54) is 0 Å². The summed E-state index contributed by atoms with van der Waals surface area (Å²) in [6, 6.07) is -0.0341. The molecule has 1 heterocycles. The molecule has 1 aliphatic carbocycles. The number of nitrogens with zero attached hydrogens (tertiary/aromatic N) is 2. The van der Waals surface area contributed by atoms with Gasteiger partial charge in [-0.1, -0.05) is 12.2 Å². The second kappa shape index (κ2) is 5.22. The maximum Gasteiger partial charge on any atom is 0.350 e.